The average Bonchev–Trinajstić information content (AvgIpc) is 2.47. The van der Waals surface area contributed by atoms with Gasteiger partial charge in [-0.25, -0.2) is 4.79 Å². The van der Waals surface area contributed by atoms with Crippen LogP contribution in [0.4, 0.5) is 4.79 Å². The summed E-state index contributed by atoms with van der Waals surface area (Å²) >= 11 is 3.38. The van der Waals surface area contributed by atoms with Crippen LogP contribution in [0.1, 0.15) is 24.1 Å². The van der Waals surface area contributed by atoms with Crippen molar-refractivity contribution in [3.05, 3.63) is 70.2 Å². The van der Waals surface area contributed by atoms with Crippen molar-refractivity contribution in [2.24, 2.45) is 0 Å². The van der Waals surface area contributed by atoms with Crippen LogP contribution in [0, 0.1) is 0 Å². The molecule has 0 heterocycles. The molecule has 0 spiro atoms. The quantitative estimate of drug-likeness (QED) is 0.898. The molecule has 0 aromatic heterocycles. The lowest BCUT2D eigenvalue weighted by Gasteiger charge is -2.14. The number of hydrogen-bond donors (Lipinski definition) is 1. The van der Waals surface area contributed by atoms with Crippen LogP contribution in [0.3, 0.4) is 0 Å². The van der Waals surface area contributed by atoms with E-state index in [1.807, 2.05) is 61.5 Å². The van der Waals surface area contributed by atoms with Gasteiger partial charge in [0.05, 0.1) is 6.04 Å². The van der Waals surface area contributed by atoms with Gasteiger partial charge in [0, 0.05) is 4.47 Å². The Labute approximate surface area is 127 Å². The smallest absolute Gasteiger partial charge is 0.407 e. The van der Waals surface area contributed by atoms with E-state index in [1.165, 1.54) is 0 Å². The first-order chi connectivity index (χ1) is 9.65. The molecule has 104 valence electrons. The van der Waals surface area contributed by atoms with Gasteiger partial charge in [-0.1, -0.05) is 58.4 Å². The number of carbonyl (C=O) groups is 1. The molecular weight excluding hydrogens is 318 g/mol. The molecule has 0 radical (unpaired) electrons. The lowest BCUT2D eigenvalue weighted by molar-refractivity contribution is 0.136. The molecule has 2 aromatic rings. The highest BCUT2D eigenvalue weighted by atomic mass is 79.9. The number of hydrogen-bond acceptors (Lipinski definition) is 2. The van der Waals surface area contributed by atoms with E-state index in [0.29, 0.717) is 0 Å². The maximum atomic E-state index is 11.7. The van der Waals surface area contributed by atoms with Crippen LogP contribution in [0.15, 0.2) is 59.1 Å². The van der Waals surface area contributed by atoms with Gasteiger partial charge in [-0.3, -0.25) is 0 Å². The lowest BCUT2D eigenvalue weighted by Crippen LogP contribution is -2.27. The Kier molecular flexibility index (Phi) is 5.18. The second-order valence-corrected chi connectivity index (χ2v) is 5.39. The third-order valence-electron chi connectivity index (χ3n) is 2.92. The van der Waals surface area contributed by atoms with E-state index in [1.54, 1.807) is 0 Å². The molecule has 0 aliphatic rings. The van der Waals surface area contributed by atoms with Crippen LogP contribution in [0.25, 0.3) is 0 Å². The molecule has 1 amide bonds. The highest BCUT2D eigenvalue weighted by molar-refractivity contribution is 9.10. The molecule has 3 nitrogen and oxygen atoms in total. The normalized spacial score (nSPS) is 11.7. The first kappa shape index (κ1) is 14.6. The summed E-state index contributed by atoms with van der Waals surface area (Å²) < 4.78 is 6.20. The second kappa shape index (κ2) is 7.10. The summed E-state index contributed by atoms with van der Waals surface area (Å²) in [5.74, 6) is 0. The molecule has 0 aliphatic carbocycles. The average molecular weight is 334 g/mol. The molecule has 0 saturated heterocycles. The van der Waals surface area contributed by atoms with E-state index in [9.17, 15) is 4.79 Å². The van der Waals surface area contributed by atoms with Crippen LogP contribution >= 0.6 is 15.9 Å². The Bertz CT molecular complexity index is 554. The molecule has 4 heteroatoms. The fourth-order valence-electron chi connectivity index (χ4n) is 1.78. The summed E-state index contributed by atoms with van der Waals surface area (Å²) in [6.07, 6.45) is -0.413. The topological polar surface area (TPSA) is 38.3 Å². The van der Waals surface area contributed by atoms with Crippen LogP contribution < -0.4 is 5.32 Å². The zero-order chi connectivity index (χ0) is 14.4. The fraction of sp³-hybridized carbons (Fsp3) is 0.188. The summed E-state index contributed by atoms with van der Waals surface area (Å²) in [5, 5.41) is 2.81. The highest BCUT2D eigenvalue weighted by Crippen LogP contribution is 2.16. The molecule has 0 aliphatic heterocycles. The Hall–Kier alpha value is -1.81. The number of ether oxygens (including phenoxy) is 1. The molecule has 0 saturated carbocycles. The second-order valence-electron chi connectivity index (χ2n) is 4.48. The van der Waals surface area contributed by atoms with Crippen molar-refractivity contribution in [1.29, 1.82) is 0 Å². The molecule has 1 N–H and O–H groups in total. The van der Waals surface area contributed by atoms with E-state index in [2.05, 4.69) is 21.2 Å². The number of rotatable bonds is 4. The van der Waals surface area contributed by atoms with E-state index in [0.717, 1.165) is 15.6 Å². The summed E-state index contributed by atoms with van der Waals surface area (Å²) in [6, 6.07) is 17.3. The van der Waals surface area contributed by atoms with E-state index in [-0.39, 0.29) is 12.6 Å². The first-order valence-electron chi connectivity index (χ1n) is 6.38. The van der Waals surface area contributed by atoms with Crippen molar-refractivity contribution in [3.63, 3.8) is 0 Å². The van der Waals surface area contributed by atoms with Crippen LogP contribution in [-0.2, 0) is 11.3 Å². The standard InChI is InChI=1S/C16H16BrNO2/c1-12(14-7-9-15(17)10-8-14)18-16(19)20-11-13-5-3-2-4-6-13/h2-10,12H,11H2,1H3,(H,18,19)/t12-/m1/s1. The van der Waals surface area contributed by atoms with Gasteiger partial charge in [-0.15, -0.1) is 0 Å². The van der Waals surface area contributed by atoms with Gasteiger partial charge in [0.15, 0.2) is 0 Å². The molecule has 0 fully saturated rings. The monoisotopic (exact) mass is 333 g/mol. The van der Waals surface area contributed by atoms with Gasteiger partial charge < -0.3 is 10.1 Å². The predicted molar refractivity (Wildman–Crippen MR) is 82.3 cm³/mol. The van der Waals surface area contributed by atoms with Gasteiger partial charge >= 0.3 is 6.09 Å². The van der Waals surface area contributed by atoms with Crippen molar-refractivity contribution < 1.29 is 9.53 Å². The van der Waals surface area contributed by atoms with E-state index >= 15 is 0 Å². The molecule has 20 heavy (non-hydrogen) atoms. The fourth-order valence-corrected chi connectivity index (χ4v) is 2.04. The SMILES string of the molecule is C[C@@H](NC(=O)OCc1ccccc1)c1ccc(Br)cc1. The maximum absolute atomic E-state index is 11.7. The van der Waals surface area contributed by atoms with Gasteiger partial charge in [0.25, 0.3) is 0 Å². The first-order valence-corrected chi connectivity index (χ1v) is 7.17. The zero-order valence-corrected chi connectivity index (χ0v) is 12.8. The summed E-state index contributed by atoms with van der Waals surface area (Å²) in [6.45, 7) is 2.20. The summed E-state index contributed by atoms with van der Waals surface area (Å²) in [7, 11) is 0. The van der Waals surface area contributed by atoms with Crippen molar-refractivity contribution >= 4 is 22.0 Å². The number of carbonyl (C=O) groups excluding carboxylic acids is 1. The van der Waals surface area contributed by atoms with Crippen LogP contribution in [-0.4, -0.2) is 6.09 Å². The van der Waals surface area contributed by atoms with Crippen molar-refractivity contribution in [3.8, 4) is 0 Å². The van der Waals surface area contributed by atoms with E-state index in [4.69, 9.17) is 4.74 Å². The van der Waals surface area contributed by atoms with Crippen LogP contribution in [0.5, 0.6) is 0 Å². The van der Waals surface area contributed by atoms with E-state index < -0.39 is 6.09 Å². The minimum Gasteiger partial charge on any atom is -0.445 e. The lowest BCUT2D eigenvalue weighted by atomic mass is 10.1. The maximum Gasteiger partial charge on any atom is 0.407 e. The van der Waals surface area contributed by atoms with Gasteiger partial charge in [-0.2, -0.15) is 0 Å². The van der Waals surface area contributed by atoms with Crippen molar-refractivity contribution in [2.45, 2.75) is 19.6 Å². The molecule has 0 bridgehead atoms. The van der Waals surface area contributed by atoms with Gasteiger partial charge in [0.2, 0.25) is 0 Å². The Morgan fingerprint density at radius 3 is 2.45 bits per heavy atom. The third-order valence-corrected chi connectivity index (χ3v) is 3.45. The Morgan fingerprint density at radius 2 is 1.80 bits per heavy atom. The minimum atomic E-state index is -0.413. The molecule has 2 aromatic carbocycles. The van der Waals surface area contributed by atoms with Gasteiger partial charge in [0.1, 0.15) is 6.61 Å². The molecular formula is C16H16BrNO2. The van der Waals surface area contributed by atoms with Gasteiger partial charge in [-0.05, 0) is 30.2 Å². The molecule has 1 atom stereocenters. The third kappa shape index (κ3) is 4.38. The van der Waals surface area contributed by atoms with Crippen molar-refractivity contribution in [1.82, 2.24) is 5.32 Å². The summed E-state index contributed by atoms with van der Waals surface area (Å²) in [4.78, 5) is 11.7. The molecule has 2 rings (SSSR count). The summed E-state index contributed by atoms with van der Waals surface area (Å²) in [5.41, 5.74) is 2.00. The highest BCUT2D eigenvalue weighted by Gasteiger charge is 2.10. The zero-order valence-electron chi connectivity index (χ0n) is 11.2. The number of alkyl carbamates (subject to hydrolysis) is 1. The Morgan fingerprint density at radius 1 is 1.15 bits per heavy atom. The number of benzene rings is 2. The number of nitrogens with one attached hydrogen (secondary N) is 1. The minimum absolute atomic E-state index is 0.0913. The number of halogens is 1. The van der Waals surface area contributed by atoms with Crippen LogP contribution in [0.2, 0.25) is 0 Å². The number of amides is 1. The predicted octanol–water partition coefficient (Wildman–Crippen LogP) is 4.44. The largest absolute Gasteiger partial charge is 0.445 e. The van der Waals surface area contributed by atoms with Crippen molar-refractivity contribution in [2.75, 3.05) is 0 Å². The molecule has 0 unspecified atom stereocenters. The Balaban J connectivity index is 1.83.